The molecule has 794 valence electrons. The Balaban J connectivity index is 0.000000242. The number of imide groups is 1. The first-order valence-corrected chi connectivity index (χ1v) is 54.0. The number of nitrogens with zero attached hydrogens (tertiary/aromatic N) is 11. The summed E-state index contributed by atoms with van der Waals surface area (Å²) in [5.74, 6) is -6.79. The Labute approximate surface area is 915 Å². The van der Waals surface area contributed by atoms with Gasteiger partial charge in [-0.2, -0.15) is 30.7 Å². The first-order valence-electron chi connectivity index (χ1n) is 46.6. The van der Waals surface area contributed by atoms with Gasteiger partial charge in [-0.05, 0) is 196 Å². The van der Waals surface area contributed by atoms with Gasteiger partial charge in [0.2, 0.25) is 29.7 Å². The number of carbonyl (C=O) groups is 11. The Morgan fingerprint density at radius 3 is 1.30 bits per heavy atom. The fourth-order valence-corrected chi connectivity index (χ4v) is 17.5. The van der Waals surface area contributed by atoms with E-state index in [9.17, 15) is 57.8 Å². The van der Waals surface area contributed by atoms with Gasteiger partial charge in [0.25, 0.3) is 41.4 Å². The Bertz CT molecular complexity index is 6590. The highest BCUT2D eigenvalue weighted by molar-refractivity contribution is 8.18. The highest BCUT2D eigenvalue weighted by Crippen LogP contribution is 2.52. The van der Waals surface area contributed by atoms with Crippen molar-refractivity contribution in [2.45, 2.75) is 124 Å². The predicted molar refractivity (Wildman–Crippen MR) is 586 cm³/mol. The average molecular weight is 2280 g/mol. The molecule has 6 N–H and O–H groups in total. The van der Waals surface area contributed by atoms with Gasteiger partial charge in [0, 0.05) is 52.8 Å². The molecule has 10 aromatic rings. The summed E-state index contributed by atoms with van der Waals surface area (Å²) >= 11 is 62.6. The summed E-state index contributed by atoms with van der Waals surface area (Å²) in [6.45, 7) is 20.1. The molecule has 3 heterocycles. The van der Waals surface area contributed by atoms with Gasteiger partial charge in [-0.15, -0.1) is 0 Å². The summed E-state index contributed by atoms with van der Waals surface area (Å²) < 4.78 is 55.9. The van der Waals surface area contributed by atoms with Crippen LogP contribution >= 0.6 is 127 Å². The number of carbonyl (C=O) groups excluding carboxylic acids is 11. The molecule has 149 heavy (non-hydrogen) atoms. The lowest BCUT2D eigenvalue weighted by molar-refractivity contribution is -0.929. The summed E-state index contributed by atoms with van der Waals surface area (Å²) in [4.78, 5) is 150. The first kappa shape index (κ1) is 123. The van der Waals surface area contributed by atoms with E-state index >= 15 is 0 Å². The fraction of sp³-hybridized carbons (Fsp3) is 0.320. The molecule has 3 aliphatic rings. The summed E-state index contributed by atoms with van der Waals surface area (Å²) in [6, 6.07) is 42.2. The van der Waals surface area contributed by atoms with Gasteiger partial charge < -0.3 is 75.1 Å². The van der Waals surface area contributed by atoms with Gasteiger partial charge in [0.05, 0.1) is 143 Å². The first-order chi connectivity index (χ1) is 70.4. The van der Waals surface area contributed by atoms with Crippen LogP contribution in [-0.4, -0.2) is 227 Å². The van der Waals surface area contributed by atoms with Gasteiger partial charge in [0.15, 0.2) is 11.6 Å². The predicted octanol–water partition coefficient (Wildman–Crippen LogP) is 24.2. The zero-order valence-corrected chi connectivity index (χ0v) is 92.2. The quantitative estimate of drug-likeness (QED) is 0.00308. The van der Waals surface area contributed by atoms with Crippen LogP contribution in [0.15, 0.2) is 201 Å². The smallest absolute Gasteiger partial charge is 0.267 e. The molecule has 0 saturated heterocycles. The normalized spacial score (nSPS) is 13.7. The second-order valence-corrected chi connectivity index (χ2v) is 41.4. The third-order valence-electron chi connectivity index (χ3n) is 22.4. The number of allylic oxidation sites excluding steroid dienone is 1. The van der Waals surface area contributed by atoms with Crippen molar-refractivity contribution in [2.24, 2.45) is 30.7 Å². The number of quaternary nitrogens is 1. The van der Waals surface area contributed by atoms with Crippen molar-refractivity contribution in [2.75, 3.05) is 114 Å². The number of aromatic nitrogens is 1. The maximum atomic E-state index is 13.5. The van der Waals surface area contributed by atoms with Crippen LogP contribution in [0, 0.1) is 0 Å². The van der Waals surface area contributed by atoms with Crippen molar-refractivity contribution in [3.63, 3.8) is 0 Å². The van der Waals surface area contributed by atoms with Gasteiger partial charge in [-0.1, -0.05) is 255 Å². The zero-order chi connectivity index (χ0) is 110. The van der Waals surface area contributed by atoms with Crippen molar-refractivity contribution in [3.05, 3.63) is 265 Å². The molecular formula is C103H109Cl10N16O18S2-3. The van der Waals surface area contributed by atoms with Crippen LogP contribution < -0.4 is 31.5 Å². The van der Waals surface area contributed by atoms with Crippen LogP contribution in [0.1, 0.15) is 179 Å². The summed E-state index contributed by atoms with van der Waals surface area (Å²) in [7, 11) is -0.0173. The molecule has 3 atom stereocenters. The number of hydrogen-bond donors (Lipinski definition) is 6. The number of hydrogen-bond acceptors (Lipinski definition) is 27. The van der Waals surface area contributed by atoms with Crippen LogP contribution in [0.2, 0.25) is 50.2 Å². The number of aliphatic hydroxyl groups excluding tert-OH is 1. The van der Waals surface area contributed by atoms with E-state index in [4.69, 9.17) is 143 Å². The molecule has 0 bridgehead atoms. The van der Waals surface area contributed by atoms with E-state index < -0.39 is 97.5 Å². The molecule has 0 radical (unpaired) electrons. The van der Waals surface area contributed by atoms with E-state index in [1.54, 1.807) is 140 Å². The van der Waals surface area contributed by atoms with Crippen LogP contribution in [0.3, 0.4) is 0 Å². The molecule has 9 aromatic carbocycles. The summed E-state index contributed by atoms with van der Waals surface area (Å²) in [5, 5.41) is 48.3. The highest BCUT2D eigenvalue weighted by Gasteiger charge is 2.45. The second-order valence-electron chi connectivity index (χ2n) is 34.7. The minimum absolute atomic E-state index is 0.00297. The average Bonchev–Trinajstić information content (AvgIpc) is 1.57. The summed E-state index contributed by atoms with van der Waals surface area (Å²) in [6.07, 6.45) is 13.8. The van der Waals surface area contributed by atoms with Crippen molar-refractivity contribution in [3.8, 4) is 11.1 Å². The number of ketones is 4. The summed E-state index contributed by atoms with van der Waals surface area (Å²) in [5.41, 5.74) is 3.67. The topological polar surface area (TPSA) is 491 Å². The number of anilines is 4. The molecule has 46 heteroatoms. The van der Waals surface area contributed by atoms with E-state index in [0.29, 0.717) is 64.7 Å². The number of fused-ring (bicyclic) bond motifs is 4. The second kappa shape index (κ2) is 57.9. The van der Waals surface area contributed by atoms with Crippen LogP contribution in [-0.2, 0) is 34.1 Å². The number of Topliss-reactive ketones (excluding diaryl/α,β-unsaturated/α-hetero) is 4. The largest absolute Gasteiger partial charge is 0.834 e. The fourth-order valence-electron chi connectivity index (χ4n) is 15.0. The SMILES string of the molecule is CC(=O)C(N=Nc1ccc(-c2ccc(N=NC(C(C)=O)C(=O)Nc3ccccc3)c(Cl)c2)cc1Cl)C(=O)Nc1ccccc1.CCCC[N+](CCCC)(CCCC)CCCC.CN(C)CCCNC(=O)c1cc(N=NC2C(=O)Nc3ccccc3C2=O)cc(C(=O)NCCCN(C)C)c1.CS(=O)(=O)[O-].CS([O-])([O-])[O-].O=C1C(c2ccc3cccc(N4C(=O)c5c(Cl)c(Cl)c(Cl)c(Cl)c5C4=O)c3n2)=C(O)c2c(Cl)c(Cl)c(Cl)c(Cl)c21. The molecule has 0 saturated carbocycles. The zero-order valence-electron chi connectivity index (χ0n) is 83.0. The molecule has 2 aliphatic heterocycles. The lowest BCUT2D eigenvalue weighted by Gasteiger charge is -2.60. The standard InChI is InChI=1S/C32H26Cl2N6O4.C27H35N7O4.C26H6Cl8N2O4.C16H36N.CH6O3S.CH4O3S/c1-19(41)29(31(43)35-23-9-5-3-6-10-23)39-37-27-15-13-21(17-25(27)33)22-14-16-28(26(34)18-22)38-40-30(20(2)42)32(44)36-24-11-7-4-8-12-24;1-33(2)13-7-11-28-25(36)18-15-19(26(37)29-12-8-14-34(3)4)17-20(16-18)31-32-23-24(35)21-9-5-6-10-22(21)30-27(23)38;27-14-10-11(15(28)19(32)18(14)31)24(38)9(23(10)37)7-5-4-6-2-1-3-8(22(6)35-7)36-25(39)12-13(26(36)40)17(30)21(34)20(33)16(12)29;1-5-9-13-17(14-10-6-2,15-11-7-3)16-12-8-4;2*1-5(2,3)4/h3-18,29-30H,1-2H3,(H,35,43)(H,36,44);5-6,9-10,15-17,23H,7-8,11-14H2,1-4H3,(H,28,36)(H,29,37)(H,30,38);1-5,37H;5-16H2,1-4H3;2-4H,1H3;1H3,(H,2,3,4)/q;;;+1;;/p-4. The Kier molecular flexibility index (Phi) is 47.8. The van der Waals surface area contributed by atoms with E-state index in [2.05, 4.69) is 89.9 Å². The third-order valence-corrected chi connectivity index (χ3v) is 26.6. The molecular weight excluding hydrogens is 2170 g/mol. The van der Waals surface area contributed by atoms with E-state index in [1.165, 1.54) is 126 Å². The van der Waals surface area contributed by atoms with Gasteiger partial charge >= 0.3 is 0 Å². The Morgan fingerprint density at radius 1 is 0.497 bits per heavy atom. The van der Waals surface area contributed by atoms with Crippen LogP contribution in [0.5, 0.6) is 0 Å². The molecule has 0 fully saturated rings. The number of benzene rings is 9. The molecule has 1 aromatic heterocycles. The number of amides is 7. The molecule has 7 amide bonds. The van der Waals surface area contributed by atoms with E-state index in [0.717, 1.165) is 30.8 Å². The number of azo groups is 3. The monoisotopic (exact) mass is 2270 g/mol. The number of aliphatic hydroxyl groups is 1. The molecule has 3 unspecified atom stereocenters. The molecule has 34 nitrogen and oxygen atoms in total. The van der Waals surface area contributed by atoms with Gasteiger partial charge in [-0.3, -0.25) is 52.7 Å². The van der Waals surface area contributed by atoms with Crippen LogP contribution in [0.4, 0.5) is 39.8 Å². The van der Waals surface area contributed by atoms with Gasteiger partial charge in [-0.25, -0.2) is 18.3 Å². The minimum Gasteiger partial charge on any atom is -0.834 e. The maximum absolute atomic E-state index is 13.5. The highest BCUT2D eigenvalue weighted by atomic mass is 35.5. The van der Waals surface area contributed by atoms with Crippen molar-refractivity contribution < 1.29 is 89.0 Å². The number of rotatable bonds is 37. The maximum Gasteiger partial charge on any atom is 0.267 e. The van der Waals surface area contributed by atoms with Crippen LogP contribution in [0.25, 0.3) is 33.4 Å². The molecule has 13 rings (SSSR count). The van der Waals surface area contributed by atoms with Gasteiger partial charge in [0.1, 0.15) is 17.1 Å². The van der Waals surface area contributed by atoms with E-state index in [-0.39, 0.29) is 135 Å². The van der Waals surface area contributed by atoms with E-state index in [1.807, 2.05) is 38.0 Å². The van der Waals surface area contributed by atoms with Crippen molar-refractivity contribution >= 4 is 264 Å². The number of para-hydroxylation sites is 4. The van der Waals surface area contributed by atoms with Crippen molar-refractivity contribution in [1.82, 2.24) is 25.4 Å². The van der Waals surface area contributed by atoms with Crippen molar-refractivity contribution in [1.29, 1.82) is 0 Å². The third kappa shape index (κ3) is 35.2. The lowest BCUT2D eigenvalue weighted by Crippen LogP contribution is -2.50. The number of nitrogens with one attached hydrogen (secondary N) is 5. The minimum atomic E-state index is -3.92. The molecule has 1 aliphatic carbocycles. The Hall–Kier alpha value is -11.2. The number of pyridine rings is 1. The number of unbranched alkanes of at least 4 members (excludes halogenated alkanes) is 4. The number of halogens is 10. The molecule has 0 spiro atoms. The lowest BCUT2D eigenvalue weighted by atomic mass is 9.98. The Morgan fingerprint density at radius 2 is 0.899 bits per heavy atom.